The van der Waals surface area contributed by atoms with E-state index in [4.69, 9.17) is 0 Å². The van der Waals surface area contributed by atoms with Gasteiger partial charge in [-0.1, -0.05) is 69.4 Å². The SMILES string of the molecule is CCN(N=Nc1ccc(Br)cc1C#CC#Cc1ccccc1)c1ccccc1. The molecule has 28 heavy (non-hydrogen) atoms. The summed E-state index contributed by atoms with van der Waals surface area (Å²) in [5, 5.41) is 10.6. The number of hydrogen-bond donors (Lipinski definition) is 0. The Bertz CT molecular complexity index is 1070. The van der Waals surface area contributed by atoms with Crippen molar-refractivity contribution in [1.29, 1.82) is 0 Å². The van der Waals surface area contributed by atoms with E-state index in [2.05, 4.69) is 49.9 Å². The first-order valence-electron chi connectivity index (χ1n) is 8.87. The van der Waals surface area contributed by atoms with Gasteiger partial charge in [0.25, 0.3) is 0 Å². The molecule has 0 aliphatic rings. The van der Waals surface area contributed by atoms with Crippen molar-refractivity contribution in [2.45, 2.75) is 6.92 Å². The van der Waals surface area contributed by atoms with Gasteiger partial charge < -0.3 is 0 Å². The maximum Gasteiger partial charge on any atom is 0.103 e. The van der Waals surface area contributed by atoms with E-state index in [1.807, 2.05) is 90.8 Å². The van der Waals surface area contributed by atoms with Gasteiger partial charge in [0.15, 0.2) is 0 Å². The van der Waals surface area contributed by atoms with Gasteiger partial charge in [-0.2, -0.15) is 0 Å². The summed E-state index contributed by atoms with van der Waals surface area (Å²) in [5.74, 6) is 11.9. The maximum atomic E-state index is 4.41. The van der Waals surface area contributed by atoms with Gasteiger partial charge in [0.2, 0.25) is 0 Å². The summed E-state index contributed by atoms with van der Waals surface area (Å²) >= 11 is 3.49. The van der Waals surface area contributed by atoms with Crippen molar-refractivity contribution in [1.82, 2.24) is 0 Å². The monoisotopic (exact) mass is 427 g/mol. The fourth-order valence-corrected chi connectivity index (χ4v) is 2.78. The fourth-order valence-electron chi connectivity index (χ4n) is 2.42. The Hall–Kier alpha value is -3.34. The molecule has 3 nitrogen and oxygen atoms in total. The molecule has 0 spiro atoms. The van der Waals surface area contributed by atoms with Crippen molar-refractivity contribution in [2.24, 2.45) is 10.3 Å². The topological polar surface area (TPSA) is 28.0 Å². The Morgan fingerprint density at radius 1 is 0.857 bits per heavy atom. The average Bonchev–Trinajstić information content (AvgIpc) is 2.74. The van der Waals surface area contributed by atoms with Crippen molar-refractivity contribution in [3.8, 4) is 23.7 Å². The Kier molecular flexibility index (Phi) is 7.01. The molecule has 0 unspecified atom stereocenters. The molecule has 0 saturated carbocycles. The van der Waals surface area contributed by atoms with E-state index in [-0.39, 0.29) is 0 Å². The molecule has 3 rings (SSSR count). The third kappa shape index (κ3) is 5.58. The van der Waals surface area contributed by atoms with Gasteiger partial charge in [0.1, 0.15) is 5.69 Å². The second-order valence-electron chi connectivity index (χ2n) is 5.77. The number of para-hydroxylation sites is 1. The van der Waals surface area contributed by atoms with Crippen LogP contribution in [0, 0.1) is 23.7 Å². The summed E-state index contributed by atoms with van der Waals surface area (Å²) < 4.78 is 0.933. The van der Waals surface area contributed by atoms with E-state index in [1.54, 1.807) is 0 Å². The molecule has 0 aliphatic carbocycles. The van der Waals surface area contributed by atoms with Gasteiger partial charge >= 0.3 is 0 Å². The zero-order valence-electron chi connectivity index (χ0n) is 15.4. The summed E-state index contributed by atoms with van der Waals surface area (Å²) in [7, 11) is 0. The standard InChI is InChI=1S/C24H18BrN3/c1-2-28(23-15-7-4-8-16-23)27-26-24-18-17-22(25)19-21(24)14-10-9-13-20-11-5-3-6-12-20/h3-8,11-12,15-19H,2H2,1H3. The molecule has 0 N–H and O–H groups in total. The minimum absolute atomic E-state index is 0.701. The van der Waals surface area contributed by atoms with E-state index in [9.17, 15) is 0 Å². The van der Waals surface area contributed by atoms with Crippen LogP contribution in [0.2, 0.25) is 0 Å². The number of hydrogen-bond acceptors (Lipinski definition) is 2. The second kappa shape index (κ2) is 10.1. The van der Waals surface area contributed by atoms with Crippen LogP contribution in [0.3, 0.4) is 0 Å². The minimum atomic E-state index is 0.701. The van der Waals surface area contributed by atoms with Crippen molar-refractivity contribution in [2.75, 3.05) is 11.6 Å². The van der Waals surface area contributed by atoms with Crippen LogP contribution in [0.5, 0.6) is 0 Å². The average molecular weight is 428 g/mol. The van der Waals surface area contributed by atoms with Gasteiger partial charge in [0, 0.05) is 16.6 Å². The first-order valence-corrected chi connectivity index (χ1v) is 9.66. The zero-order valence-corrected chi connectivity index (χ0v) is 17.0. The normalized spacial score (nSPS) is 9.93. The van der Waals surface area contributed by atoms with E-state index in [0.29, 0.717) is 12.2 Å². The lowest BCUT2D eigenvalue weighted by atomic mass is 10.2. The second-order valence-corrected chi connectivity index (χ2v) is 6.68. The number of halogens is 1. The van der Waals surface area contributed by atoms with Gasteiger partial charge in [-0.05, 0) is 61.2 Å². The molecule has 0 bridgehead atoms. The molecule has 0 amide bonds. The molecule has 0 heterocycles. The molecule has 0 aliphatic heterocycles. The van der Waals surface area contributed by atoms with Crippen LogP contribution >= 0.6 is 15.9 Å². The number of rotatable bonds is 4. The van der Waals surface area contributed by atoms with Crippen LogP contribution in [-0.4, -0.2) is 6.54 Å². The summed E-state index contributed by atoms with van der Waals surface area (Å²) in [5.41, 5.74) is 3.40. The molecule has 0 saturated heterocycles. The van der Waals surface area contributed by atoms with E-state index in [1.165, 1.54) is 0 Å². The Morgan fingerprint density at radius 3 is 2.25 bits per heavy atom. The number of benzene rings is 3. The third-order valence-electron chi connectivity index (χ3n) is 3.81. The van der Waals surface area contributed by atoms with Crippen molar-refractivity contribution >= 4 is 27.3 Å². The lowest BCUT2D eigenvalue weighted by Crippen LogP contribution is -2.13. The lowest BCUT2D eigenvalue weighted by Gasteiger charge is -2.14. The lowest BCUT2D eigenvalue weighted by molar-refractivity contribution is 0.834. The predicted octanol–water partition coefficient (Wildman–Crippen LogP) is 6.38. The Balaban J connectivity index is 1.83. The molecular formula is C24H18BrN3. The van der Waals surface area contributed by atoms with Crippen molar-refractivity contribution < 1.29 is 0 Å². The molecule has 0 aromatic heterocycles. The fraction of sp³-hybridized carbons (Fsp3) is 0.0833. The van der Waals surface area contributed by atoms with E-state index in [0.717, 1.165) is 21.3 Å². The minimum Gasteiger partial charge on any atom is -0.247 e. The molecule has 0 radical (unpaired) electrons. The highest BCUT2D eigenvalue weighted by atomic mass is 79.9. The quantitative estimate of drug-likeness (QED) is 0.269. The first-order chi connectivity index (χ1) is 13.8. The smallest absolute Gasteiger partial charge is 0.103 e. The molecule has 4 heteroatoms. The number of anilines is 1. The third-order valence-corrected chi connectivity index (χ3v) is 4.31. The highest BCUT2D eigenvalue weighted by Gasteiger charge is 2.04. The molecule has 3 aromatic carbocycles. The molecule has 0 atom stereocenters. The molecular weight excluding hydrogens is 410 g/mol. The summed E-state index contributed by atoms with van der Waals surface area (Å²) in [6.45, 7) is 2.75. The van der Waals surface area contributed by atoms with Gasteiger partial charge in [-0.3, -0.25) is 0 Å². The first kappa shape index (κ1) is 19.4. The van der Waals surface area contributed by atoms with Crippen molar-refractivity contribution in [3.63, 3.8) is 0 Å². The maximum absolute atomic E-state index is 4.41. The Labute approximate surface area is 174 Å². The van der Waals surface area contributed by atoms with Crippen LogP contribution in [0.15, 0.2) is 93.7 Å². The van der Waals surface area contributed by atoms with Crippen LogP contribution in [0.25, 0.3) is 0 Å². The summed E-state index contributed by atoms with van der Waals surface area (Å²) in [4.78, 5) is 0. The zero-order chi connectivity index (χ0) is 19.6. The van der Waals surface area contributed by atoms with Gasteiger partial charge in [-0.25, -0.2) is 5.01 Å². The highest BCUT2D eigenvalue weighted by molar-refractivity contribution is 9.10. The summed E-state index contributed by atoms with van der Waals surface area (Å²) in [6, 6.07) is 25.5. The van der Waals surface area contributed by atoms with Crippen LogP contribution in [0.1, 0.15) is 18.1 Å². The van der Waals surface area contributed by atoms with Crippen LogP contribution < -0.4 is 5.01 Å². The molecule has 3 aromatic rings. The molecule has 0 fully saturated rings. The van der Waals surface area contributed by atoms with Crippen LogP contribution in [-0.2, 0) is 0 Å². The van der Waals surface area contributed by atoms with E-state index < -0.39 is 0 Å². The van der Waals surface area contributed by atoms with Crippen LogP contribution in [0.4, 0.5) is 11.4 Å². The van der Waals surface area contributed by atoms with Crippen molar-refractivity contribution in [3.05, 3.63) is 94.5 Å². The van der Waals surface area contributed by atoms with Gasteiger partial charge in [0.05, 0.1) is 11.3 Å². The van der Waals surface area contributed by atoms with Gasteiger partial charge in [-0.15, -0.1) is 5.11 Å². The molecule has 136 valence electrons. The van der Waals surface area contributed by atoms with E-state index >= 15 is 0 Å². The highest BCUT2D eigenvalue weighted by Crippen LogP contribution is 2.24. The Morgan fingerprint density at radius 2 is 1.54 bits per heavy atom. The summed E-state index contributed by atoms with van der Waals surface area (Å²) in [6.07, 6.45) is 0. The number of nitrogens with zero attached hydrogens (tertiary/aromatic N) is 3. The predicted molar refractivity (Wildman–Crippen MR) is 118 cm³/mol. The largest absolute Gasteiger partial charge is 0.247 e.